The van der Waals surface area contributed by atoms with Gasteiger partial charge in [0.05, 0.1) is 12.2 Å². The molecule has 1 aliphatic heterocycles. The fourth-order valence-electron chi connectivity index (χ4n) is 3.44. The number of aryl methyl sites for hydroxylation is 2. The van der Waals surface area contributed by atoms with Crippen molar-refractivity contribution < 1.29 is 0 Å². The highest BCUT2D eigenvalue weighted by Crippen LogP contribution is 2.23. The van der Waals surface area contributed by atoms with Crippen LogP contribution in [0.3, 0.4) is 0 Å². The predicted octanol–water partition coefficient (Wildman–Crippen LogP) is 3.52. The van der Waals surface area contributed by atoms with Crippen molar-refractivity contribution in [3.05, 3.63) is 58.9 Å². The molecule has 27 heavy (non-hydrogen) atoms. The zero-order chi connectivity index (χ0) is 18.5. The van der Waals surface area contributed by atoms with Crippen LogP contribution < -0.4 is 10.2 Å². The van der Waals surface area contributed by atoms with Gasteiger partial charge >= 0.3 is 0 Å². The third-order valence-corrected chi connectivity index (χ3v) is 5.24. The van der Waals surface area contributed by atoms with E-state index in [1.165, 1.54) is 22.4 Å². The highest BCUT2D eigenvalue weighted by Gasteiger charge is 2.21. The molecular formula is C21H30IN5. The van der Waals surface area contributed by atoms with Crippen LogP contribution in [0, 0.1) is 20.8 Å². The van der Waals surface area contributed by atoms with Crippen LogP contribution in [-0.4, -0.2) is 49.1 Å². The topological polar surface area (TPSA) is 43.8 Å². The summed E-state index contributed by atoms with van der Waals surface area (Å²) >= 11 is 0. The summed E-state index contributed by atoms with van der Waals surface area (Å²) < 4.78 is 0. The first-order valence-corrected chi connectivity index (χ1v) is 9.27. The Morgan fingerprint density at radius 2 is 1.74 bits per heavy atom. The highest BCUT2D eigenvalue weighted by molar-refractivity contribution is 14.0. The monoisotopic (exact) mass is 479 g/mol. The van der Waals surface area contributed by atoms with Crippen molar-refractivity contribution in [2.45, 2.75) is 27.3 Å². The summed E-state index contributed by atoms with van der Waals surface area (Å²) in [5.74, 6) is 0.954. The lowest BCUT2D eigenvalue weighted by atomic mass is 10.1. The second-order valence-corrected chi connectivity index (χ2v) is 6.86. The Morgan fingerprint density at radius 1 is 1.04 bits per heavy atom. The SMILES string of the molecule is CN=C(NCc1ncccc1C)N1CCN(c2cccc(C)c2C)CC1.I. The molecule has 3 rings (SSSR count). The van der Waals surface area contributed by atoms with Crippen LogP contribution in [0.4, 0.5) is 5.69 Å². The van der Waals surface area contributed by atoms with Crippen molar-refractivity contribution in [3.8, 4) is 0 Å². The predicted molar refractivity (Wildman–Crippen MR) is 124 cm³/mol. The number of aliphatic imine (C=N–C) groups is 1. The lowest BCUT2D eigenvalue weighted by Gasteiger charge is -2.38. The zero-order valence-corrected chi connectivity index (χ0v) is 19.0. The first-order valence-electron chi connectivity index (χ1n) is 9.27. The van der Waals surface area contributed by atoms with Gasteiger partial charge in [0.15, 0.2) is 5.96 Å². The third-order valence-electron chi connectivity index (χ3n) is 5.24. The molecule has 1 N–H and O–H groups in total. The van der Waals surface area contributed by atoms with Crippen LogP contribution in [0.1, 0.15) is 22.4 Å². The molecule has 146 valence electrons. The molecule has 1 aromatic heterocycles. The van der Waals surface area contributed by atoms with E-state index in [4.69, 9.17) is 0 Å². The van der Waals surface area contributed by atoms with E-state index >= 15 is 0 Å². The van der Waals surface area contributed by atoms with Crippen LogP contribution in [-0.2, 0) is 6.54 Å². The maximum atomic E-state index is 4.47. The number of rotatable bonds is 3. The number of halogens is 1. The van der Waals surface area contributed by atoms with Gasteiger partial charge in [0.25, 0.3) is 0 Å². The molecule has 1 saturated heterocycles. The standard InChI is InChI=1S/C21H29N5.HI/c1-16-7-5-9-20(18(16)3)25-11-13-26(14-12-25)21(22-4)24-15-19-17(2)8-6-10-23-19;/h5-10H,11-15H2,1-4H3,(H,22,24);1H. The molecule has 0 radical (unpaired) electrons. The van der Waals surface area contributed by atoms with Crippen LogP contribution >= 0.6 is 24.0 Å². The van der Waals surface area contributed by atoms with Gasteiger partial charge in [-0.25, -0.2) is 0 Å². The molecule has 1 fully saturated rings. The summed E-state index contributed by atoms with van der Waals surface area (Å²) in [5, 5.41) is 3.47. The van der Waals surface area contributed by atoms with E-state index in [2.05, 4.69) is 70.1 Å². The largest absolute Gasteiger partial charge is 0.368 e. The molecule has 0 bridgehead atoms. The van der Waals surface area contributed by atoms with Crippen LogP contribution in [0.25, 0.3) is 0 Å². The van der Waals surface area contributed by atoms with E-state index in [1.807, 2.05) is 19.3 Å². The zero-order valence-electron chi connectivity index (χ0n) is 16.7. The van der Waals surface area contributed by atoms with Gasteiger partial charge in [-0.1, -0.05) is 18.2 Å². The second-order valence-electron chi connectivity index (χ2n) is 6.86. The minimum Gasteiger partial charge on any atom is -0.368 e. The summed E-state index contributed by atoms with van der Waals surface area (Å²) in [5.41, 5.74) is 6.37. The maximum absolute atomic E-state index is 4.47. The average molecular weight is 479 g/mol. The summed E-state index contributed by atoms with van der Waals surface area (Å²) in [7, 11) is 1.85. The number of piperazine rings is 1. The Balaban J connectivity index is 0.00000261. The Kier molecular flexibility index (Phi) is 7.89. The van der Waals surface area contributed by atoms with Crippen LogP contribution in [0.15, 0.2) is 41.5 Å². The molecular weight excluding hydrogens is 449 g/mol. The number of nitrogens with one attached hydrogen (secondary N) is 1. The number of hydrogen-bond acceptors (Lipinski definition) is 3. The van der Waals surface area contributed by atoms with Crippen molar-refractivity contribution in [2.75, 3.05) is 38.1 Å². The highest BCUT2D eigenvalue weighted by atomic mass is 127. The number of anilines is 1. The van der Waals surface area contributed by atoms with Crippen LogP contribution in [0.5, 0.6) is 0 Å². The molecule has 0 aliphatic carbocycles. The summed E-state index contributed by atoms with van der Waals surface area (Å²) in [6.45, 7) is 11.1. The molecule has 0 unspecified atom stereocenters. The van der Waals surface area contributed by atoms with Crippen molar-refractivity contribution in [3.63, 3.8) is 0 Å². The summed E-state index contributed by atoms with van der Waals surface area (Å²) in [6.07, 6.45) is 1.84. The van der Waals surface area contributed by atoms with Crippen molar-refractivity contribution >= 4 is 35.6 Å². The van der Waals surface area contributed by atoms with E-state index in [0.717, 1.165) is 37.8 Å². The molecule has 6 heteroatoms. The number of benzene rings is 1. The smallest absolute Gasteiger partial charge is 0.194 e. The second kappa shape index (κ2) is 9.92. The lowest BCUT2D eigenvalue weighted by Crippen LogP contribution is -2.52. The minimum absolute atomic E-state index is 0. The Labute approximate surface area is 179 Å². The summed E-state index contributed by atoms with van der Waals surface area (Å²) in [4.78, 5) is 13.7. The van der Waals surface area contributed by atoms with E-state index in [9.17, 15) is 0 Å². The van der Waals surface area contributed by atoms with Gasteiger partial charge in [0.1, 0.15) is 0 Å². The lowest BCUT2D eigenvalue weighted by molar-refractivity contribution is 0.372. The van der Waals surface area contributed by atoms with Gasteiger partial charge in [-0.15, -0.1) is 24.0 Å². The van der Waals surface area contributed by atoms with Gasteiger partial charge < -0.3 is 15.1 Å². The average Bonchev–Trinajstić information content (AvgIpc) is 2.66. The molecule has 0 spiro atoms. The van der Waals surface area contributed by atoms with Gasteiger partial charge in [0, 0.05) is 45.1 Å². The Morgan fingerprint density at radius 3 is 2.41 bits per heavy atom. The van der Waals surface area contributed by atoms with Gasteiger partial charge in [-0.3, -0.25) is 9.98 Å². The van der Waals surface area contributed by atoms with E-state index < -0.39 is 0 Å². The van der Waals surface area contributed by atoms with Gasteiger partial charge in [-0.2, -0.15) is 0 Å². The number of nitrogens with zero attached hydrogens (tertiary/aromatic N) is 4. The number of aromatic nitrogens is 1. The third kappa shape index (κ3) is 5.12. The number of pyridine rings is 1. The molecule has 2 aromatic rings. The fourth-order valence-corrected chi connectivity index (χ4v) is 3.44. The molecule has 2 heterocycles. The first-order chi connectivity index (χ1) is 12.6. The first kappa shape index (κ1) is 21.5. The molecule has 0 atom stereocenters. The molecule has 1 aliphatic rings. The normalized spacial score (nSPS) is 14.7. The fraction of sp³-hybridized carbons (Fsp3) is 0.429. The quantitative estimate of drug-likeness (QED) is 0.416. The van der Waals surface area contributed by atoms with Crippen molar-refractivity contribution in [2.24, 2.45) is 4.99 Å². The van der Waals surface area contributed by atoms with Gasteiger partial charge in [0.2, 0.25) is 0 Å². The Hall–Kier alpha value is -1.83. The number of hydrogen-bond donors (Lipinski definition) is 1. The molecule has 5 nitrogen and oxygen atoms in total. The Bertz CT molecular complexity index is 782. The van der Waals surface area contributed by atoms with E-state index in [0.29, 0.717) is 6.54 Å². The van der Waals surface area contributed by atoms with E-state index in [-0.39, 0.29) is 24.0 Å². The molecule has 0 saturated carbocycles. The van der Waals surface area contributed by atoms with Crippen LogP contribution in [0.2, 0.25) is 0 Å². The van der Waals surface area contributed by atoms with Gasteiger partial charge in [-0.05, 0) is 49.6 Å². The number of guanidine groups is 1. The van der Waals surface area contributed by atoms with E-state index in [1.54, 1.807) is 0 Å². The van der Waals surface area contributed by atoms with Crippen molar-refractivity contribution in [1.82, 2.24) is 15.2 Å². The molecule has 0 amide bonds. The maximum Gasteiger partial charge on any atom is 0.194 e. The van der Waals surface area contributed by atoms with Crippen molar-refractivity contribution in [1.29, 1.82) is 0 Å². The minimum atomic E-state index is 0. The molecule has 1 aromatic carbocycles. The summed E-state index contributed by atoms with van der Waals surface area (Å²) in [6, 6.07) is 10.6.